The molecule has 1 aromatic carbocycles. The average molecular weight is 275 g/mol. The first-order chi connectivity index (χ1) is 6.65. The molecule has 0 bridgehead atoms. The fraction of sp³-hybridized carbons (Fsp3) is 0.100. The molecule has 0 atom stereocenters. The second-order valence-electron chi connectivity index (χ2n) is 2.55. The van der Waals surface area contributed by atoms with Gasteiger partial charge in [-0.25, -0.2) is 4.39 Å². The molecule has 0 aliphatic heterocycles. The fourth-order valence-electron chi connectivity index (χ4n) is 0.942. The molecule has 0 amide bonds. The molecule has 14 heavy (non-hydrogen) atoms. The highest BCUT2D eigenvalue weighted by molar-refractivity contribution is 9.10. The number of benzene rings is 1. The minimum atomic E-state index is -0.404. The minimum absolute atomic E-state index is 0.258. The van der Waals surface area contributed by atoms with Crippen molar-refractivity contribution in [3.63, 3.8) is 0 Å². The van der Waals surface area contributed by atoms with Gasteiger partial charge in [-0.05, 0) is 12.1 Å². The number of rotatable bonds is 2. The summed E-state index contributed by atoms with van der Waals surface area (Å²) in [6.07, 6.45) is 3.41. The quantitative estimate of drug-likeness (QED) is 0.794. The number of hydrogen-bond acceptors (Lipinski definition) is 1. The predicted molar refractivity (Wildman–Crippen MR) is 58.4 cm³/mol. The van der Waals surface area contributed by atoms with Gasteiger partial charge in [0.2, 0.25) is 0 Å². The van der Waals surface area contributed by atoms with Crippen LogP contribution in [0.5, 0.6) is 0 Å². The van der Waals surface area contributed by atoms with Crippen LogP contribution in [0.4, 0.5) is 4.39 Å². The summed E-state index contributed by atoms with van der Waals surface area (Å²) in [6, 6.07) is 4.78. The Bertz CT molecular complexity index is 386. The third kappa shape index (κ3) is 2.83. The summed E-state index contributed by atoms with van der Waals surface area (Å²) >= 11 is 8.83. The monoisotopic (exact) mass is 273 g/mol. The van der Waals surface area contributed by atoms with Crippen LogP contribution in [0.1, 0.15) is 12.0 Å². The SMILES string of the molecule is N#CCC=Cc1c(F)cc(Cl)cc1Br. The molecule has 0 heterocycles. The van der Waals surface area contributed by atoms with E-state index in [2.05, 4.69) is 15.9 Å². The third-order valence-corrected chi connectivity index (χ3v) is 2.41. The molecule has 1 aromatic rings. The zero-order valence-electron chi connectivity index (χ0n) is 7.10. The van der Waals surface area contributed by atoms with Gasteiger partial charge in [-0.3, -0.25) is 0 Å². The van der Waals surface area contributed by atoms with E-state index in [0.717, 1.165) is 0 Å². The van der Waals surface area contributed by atoms with Crippen LogP contribution in [0.15, 0.2) is 22.7 Å². The summed E-state index contributed by atoms with van der Waals surface area (Å²) in [7, 11) is 0. The lowest BCUT2D eigenvalue weighted by Gasteiger charge is -2.01. The van der Waals surface area contributed by atoms with Crippen molar-refractivity contribution in [2.75, 3.05) is 0 Å². The third-order valence-electron chi connectivity index (χ3n) is 1.54. The molecule has 0 saturated carbocycles. The van der Waals surface area contributed by atoms with Gasteiger partial charge in [0.15, 0.2) is 0 Å². The van der Waals surface area contributed by atoms with E-state index < -0.39 is 5.82 Å². The highest BCUT2D eigenvalue weighted by Crippen LogP contribution is 2.25. The Morgan fingerprint density at radius 3 is 2.86 bits per heavy atom. The minimum Gasteiger partial charge on any atom is -0.206 e. The summed E-state index contributed by atoms with van der Waals surface area (Å²) in [4.78, 5) is 0. The standard InChI is InChI=1S/C10H6BrClFN/c11-9-5-7(12)6-10(13)8(9)3-1-2-4-14/h1,3,5-6H,2H2. The van der Waals surface area contributed by atoms with E-state index in [1.807, 2.05) is 6.07 Å². The summed E-state index contributed by atoms with van der Waals surface area (Å²) < 4.78 is 13.9. The van der Waals surface area contributed by atoms with Crippen LogP contribution in [0, 0.1) is 17.1 Å². The number of hydrogen-bond donors (Lipinski definition) is 0. The van der Waals surface area contributed by atoms with E-state index in [-0.39, 0.29) is 6.42 Å². The Kier molecular flexibility index (Phi) is 4.12. The van der Waals surface area contributed by atoms with Gasteiger partial charge < -0.3 is 0 Å². The van der Waals surface area contributed by atoms with Crippen molar-refractivity contribution in [1.82, 2.24) is 0 Å². The van der Waals surface area contributed by atoms with Crippen molar-refractivity contribution in [2.24, 2.45) is 0 Å². The van der Waals surface area contributed by atoms with Crippen LogP contribution in [0.2, 0.25) is 5.02 Å². The van der Waals surface area contributed by atoms with Crippen LogP contribution < -0.4 is 0 Å². The Morgan fingerprint density at radius 2 is 2.29 bits per heavy atom. The first-order valence-electron chi connectivity index (χ1n) is 3.83. The maximum absolute atomic E-state index is 13.3. The molecule has 0 radical (unpaired) electrons. The lowest BCUT2D eigenvalue weighted by Crippen LogP contribution is -1.84. The Hall–Kier alpha value is -0.850. The maximum Gasteiger partial charge on any atom is 0.133 e. The van der Waals surface area contributed by atoms with Crippen molar-refractivity contribution < 1.29 is 4.39 Å². The fourth-order valence-corrected chi connectivity index (χ4v) is 1.85. The number of allylic oxidation sites excluding steroid dienone is 1. The van der Waals surface area contributed by atoms with Crippen LogP contribution in [-0.2, 0) is 0 Å². The molecule has 0 aliphatic rings. The first-order valence-corrected chi connectivity index (χ1v) is 5.00. The van der Waals surface area contributed by atoms with Gasteiger partial charge >= 0.3 is 0 Å². The molecule has 0 unspecified atom stereocenters. The van der Waals surface area contributed by atoms with E-state index in [9.17, 15) is 4.39 Å². The molecule has 1 rings (SSSR count). The van der Waals surface area contributed by atoms with Crippen LogP contribution in [0.3, 0.4) is 0 Å². The molecule has 1 nitrogen and oxygen atoms in total. The summed E-state index contributed by atoms with van der Waals surface area (Å²) in [6.45, 7) is 0. The van der Waals surface area contributed by atoms with Gasteiger partial charge in [-0.1, -0.05) is 39.7 Å². The van der Waals surface area contributed by atoms with Crippen molar-refractivity contribution in [2.45, 2.75) is 6.42 Å². The van der Waals surface area contributed by atoms with E-state index >= 15 is 0 Å². The first kappa shape index (κ1) is 11.2. The van der Waals surface area contributed by atoms with Gasteiger partial charge in [-0.2, -0.15) is 5.26 Å². The zero-order valence-corrected chi connectivity index (χ0v) is 9.44. The lowest BCUT2D eigenvalue weighted by atomic mass is 10.2. The number of nitrogens with zero attached hydrogens (tertiary/aromatic N) is 1. The summed E-state index contributed by atoms with van der Waals surface area (Å²) in [5.74, 6) is -0.404. The second kappa shape index (κ2) is 5.14. The lowest BCUT2D eigenvalue weighted by molar-refractivity contribution is 0.624. The molecule has 0 spiro atoms. The van der Waals surface area contributed by atoms with E-state index in [4.69, 9.17) is 16.9 Å². The largest absolute Gasteiger partial charge is 0.206 e. The Balaban J connectivity index is 3.04. The van der Waals surface area contributed by atoms with Crippen molar-refractivity contribution >= 4 is 33.6 Å². The maximum atomic E-state index is 13.3. The molecule has 0 aromatic heterocycles. The van der Waals surface area contributed by atoms with Gasteiger partial charge in [-0.15, -0.1) is 0 Å². The van der Waals surface area contributed by atoms with Gasteiger partial charge in [0, 0.05) is 15.1 Å². The topological polar surface area (TPSA) is 23.8 Å². The van der Waals surface area contributed by atoms with E-state index in [0.29, 0.717) is 15.1 Å². The van der Waals surface area contributed by atoms with Crippen molar-refractivity contribution in [1.29, 1.82) is 5.26 Å². The average Bonchev–Trinajstić information content (AvgIpc) is 2.09. The van der Waals surface area contributed by atoms with Crippen LogP contribution >= 0.6 is 27.5 Å². The van der Waals surface area contributed by atoms with E-state index in [1.165, 1.54) is 6.07 Å². The molecule has 4 heteroatoms. The molecule has 0 N–H and O–H groups in total. The van der Waals surface area contributed by atoms with Crippen molar-refractivity contribution in [3.05, 3.63) is 39.1 Å². The van der Waals surface area contributed by atoms with Crippen LogP contribution in [-0.4, -0.2) is 0 Å². The molecule has 0 saturated heterocycles. The normalized spacial score (nSPS) is 10.4. The molecule has 0 fully saturated rings. The molecule has 0 aliphatic carbocycles. The Morgan fingerprint density at radius 1 is 1.57 bits per heavy atom. The molecule has 72 valence electrons. The number of halogens is 3. The highest BCUT2D eigenvalue weighted by Gasteiger charge is 2.04. The number of nitriles is 1. The predicted octanol–water partition coefficient (Wildman–Crippen LogP) is 4.17. The molecular formula is C10H6BrClFN. The summed E-state index contributed by atoms with van der Waals surface area (Å²) in [5.41, 5.74) is 0.407. The van der Waals surface area contributed by atoms with E-state index in [1.54, 1.807) is 18.2 Å². The highest BCUT2D eigenvalue weighted by atomic mass is 79.9. The summed E-state index contributed by atoms with van der Waals surface area (Å²) in [5, 5.41) is 8.64. The zero-order chi connectivity index (χ0) is 10.6. The second-order valence-corrected chi connectivity index (χ2v) is 3.84. The van der Waals surface area contributed by atoms with Crippen LogP contribution in [0.25, 0.3) is 6.08 Å². The van der Waals surface area contributed by atoms with Gasteiger partial charge in [0.05, 0.1) is 12.5 Å². The molecular weight excluding hydrogens is 268 g/mol. The van der Waals surface area contributed by atoms with Gasteiger partial charge in [0.25, 0.3) is 0 Å². The van der Waals surface area contributed by atoms with Gasteiger partial charge in [0.1, 0.15) is 5.82 Å². The smallest absolute Gasteiger partial charge is 0.133 e. The Labute approximate surface area is 94.9 Å². The van der Waals surface area contributed by atoms with Crippen molar-refractivity contribution in [3.8, 4) is 6.07 Å².